The van der Waals surface area contributed by atoms with Crippen LogP contribution in [0.2, 0.25) is 0 Å². The molecule has 2 aromatic rings. The third-order valence-corrected chi connectivity index (χ3v) is 6.43. The number of quaternary nitrogens is 1. The van der Waals surface area contributed by atoms with Crippen molar-refractivity contribution in [2.45, 2.75) is 71.1 Å². The highest BCUT2D eigenvalue weighted by molar-refractivity contribution is 5.40. The Kier molecular flexibility index (Phi) is 8.39. The van der Waals surface area contributed by atoms with E-state index in [2.05, 4.69) is 81.5 Å². The minimum atomic E-state index is 0.102. The van der Waals surface area contributed by atoms with Crippen LogP contribution in [-0.4, -0.2) is 32.5 Å². The van der Waals surface area contributed by atoms with Gasteiger partial charge in [0, 0.05) is 29.6 Å². The van der Waals surface area contributed by atoms with Crippen LogP contribution in [0.3, 0.4) is 0 Å². The standard InChI is InChI=1S/C27H39NO3/c1-20(2)26-18-27(15-17-30-26,24-8-6-7-9-25(24)29-5)14-16-28-19-22-10-12-23(13-11-22)31-21(3)4/h6-13,20-21,26,28H,14-19H2,1-5H3/p+1/t26-,27-/m0/s1. The third kappa shape index (κ3) is 6.24. The van der Waals surface area contributed by atoms with Crippen LogP contribution in [0.5, 0.6) is 11.5 Å². The number of rotatable bonds is 10. The minimum absolute atomic E-state index is 0.102. The van der Waals surface area contributed by atoms with E-state index in [4.69, 9.17) is 14.2 Å². The first-order valence-corrected chi connectivity index (χ1v) is 11.8. The van der Waals surface area contributed by atoms with Gasteiger partial charge in [-0.1, -0.05) is 32.0 Å². The van der Waals surface area contributed by atoms with Gasteiger partial charge in [-0.15, -0.1) is 0 Å². The van der Waals surface area contributed by atoms with Gasteiger partial charge in [0.1, 0.15) is 18.0 Å². The molecule has 3 rings (SSSR count). The number of methoxy groups -OCH3 is 1. The lowest BCUT2D eigenvalue weighted by Crippen LogP contribution is -2.83. The topological polar surface area (TPSA) is 44.3 Å². The highest BCUT2D eigenvalue weighted by atomic mass is 16.5. The van der Waals surface area contributed by atoms with E-state index in [1.54, 1.807) is 7.11 Å². The molecule has 0 spiro atoms. The molecule has 31 heavy (non-hydrogen) atoms. The Labute approximate surface area is 188 Å². The quantitative estimate of drug-likeness (QED) is 0.560. The second-order valence-electron chi connectivity index (χ2n) is 9.43. The molecule has 0 unspecified atom stereocenters. The molecule has 0 aliphatic carbocycles. The summed E-state index contributed by atoms with van der Waals surface area (Å²) in [6.45, 7) is 11.5. The van der Waals surface area contributed by atoms with Gasteiger partial charge in [-0.05, 0) is 62.9 Å². The molecule has 170 valence electrons. The maximum Gasteiger partial charge on any atom is 0.122 e. The van der Waals surface area contributed by atoms with Gasteiger partial charge >= 0.3 is 0 Å². The van der Waals surface area contributed by atoms with E-state index in [-0.39, 0.29) is 11.5 Å². The number of para-hydroxylation sites is 1. The van der Waals surface area contributed by atoms with E-state index >= 15 is 0 Å². The number of benzene rings is 2. The summed E-state index contributed by atoms with van der Waals surface area (Å²) in [7, 11) is 1.78. The number of nitrogens with two attached hydrogens (primary N) is 1. The van der Waals surface area contributed by atoms with Gasteiger partial charge < -0.3 is 19.5 Å². The molecule has 1 heterocycles. The van der Waals surface area contributed by atoms with Crippen molar-refractivity contribution in [1.29, 1.82) is 0 Å². The molecule has 1 saturated heterocycles. The van der Waals surface area contributed by atoms with Crippen molar-refractivity contribution in [2.75, 3.05) is 20.3 Å². The Morgan fingerprint density at radius 3 is 2.48 bits per heavy atom. The second kappa shape index (κ2) is 11.0. The Morgan fingerprint density at radius 1 is 1.06 bits per heavy atom. The first-order chi connectivity index (χ1) is 14.9. The van der Waals surface area contributed by atoms with Gasteiger partial charge in [0.2, 0.25) is 0 Å². The summed E-state index contributed by atoms with van der Waals surface area (Å²) in [5, 5.41) is 2.43. The van der Waals surface area contributed by atoms with Crippen molar-refractivity contribution in [1.82, 2.24) is 0 Å². The molecular weight excluding hydrogens is 386 g/mol. The highest BCUT2D eigenvalue weighted by Gasteiger charge is 2.41. The minimum Gasteiger partial charge on any atom is -0.496 e. The Bertz CT molecular complexity index is 802. The molecule has 2 N–H and O–H groups in total. The molecule has 2 atom stereocenters. The summed E-state index contributed by atoms with van der Waals surface area (Å²) in [6.07, 6.45) is 3.73. The first-order valence-electron chi connectivity index (χ1n) is 11.8. The summed E-state index contributed by atoms with van der Waals surface area (Å²) in [5.74, 6) is 2.47. The van der Waals surface area contributed by atoms with Crippen molar-refractivity contribution in [3.63, 3.8) is 0 Å². The number of hydrogen-bond acceptors (Lipinski definition) is 3. The summed E-state index contributed by atoms with van der Waals surface area (Å²) in [4.78, 5) is 0. The molecular formula is C27H40NO3+. The predicted molar refractivity (Wildman–Crippen MR) is 126 cm³/mol. The molecule has 0 amide bonds. The third-order valence-electron chi connectivity index (χ3n) is 6.43. The first kappa shape index (κ1) is 23.6. The lowest BCUT2D eigenvalue weighted by atomic mass is 9.68. The van der Waals surface area contributed by atoms with E-state index in [9.17, 15) is 0 Å². The largest absolute Gasteiger partial charge is 0.496 e. The smallest absolute Gasteiger partial charge is 0.122 e. The summed E-state index contributed by atoms with van der Waals surface area (Å²) in [5.41, 5.74) is 2.77. The maximum absolute atomic E-state index is 6.14. The van der Waals surface area contributed by atoms with Crippen molar-refractivity contribution < 1.29 is 19.5 Å². The Morgan fingerprint density at radius 2 is 1.81 bits per heavy atom. The molecule has 1 aliphatic rings. The van der Waals surface area contributed by atoms with Crippen LogP contribution in [-0.2, 0) is 16.7 Å². The molecule has 2 aromatic carbocycles. The average Bonchev–Trinajstić information content (AvgIpc) is 2.77. The zero-order chi connectivity index (χ0) is 22.3. The zero-order valence-corrected chi connectivity index (χ0v) is 19.9. The Hall–Kier alpha value is -2.04. The van der Waals surface area contributed by atoms with E-state index in [0.29, 0.717) is 12.0 Å². The lowest BCUT2D eigenvalue weighted by molar-refractivity contribution is -0.671. The van der Waals surface area contributed by atoms with Crippen LogP contribution in [0.25, 0.3) is 0 Å². The molecule has 1 fully saturated rings. The van der Waals surface area contributed by atoms with Crippen LogP contribution >= 0.6 is 0 Å². The molecule has 0 saturated carbocycles. The van der Waals surface area contributed by atoms with Gasteiger partial charge in [0.25, 0.3) is 0 Å². The predicted octanol–water partition coefficient (Wildman–Crippen LogP) is 4.71. The van der Waals surface area contributed by atoms with E-state index < -0.39 is 0 Å². The molecule has 4 heteroatoms. The SMILES string of the molecule is COc1ccccc1[C@@]1(CC[NH2+]Cc2ccc(OC(C)C)cc2)CCO[C@H](C(C)C)C1. The van der Waals surface area contributed by atoms with Crippen molar-refractivity contribution in [2.24, 2.45) is 5.92 Å². The number of hydrogen-bond donors (Lipinski definition) is 1. The van der Waals surface area contributed by atoms with Crippen LogP contribution < -0.4 is 14.8 Å². The van der Waals surface area contributed by atoms with Gasteiger partial charge in [0.05, 0.1) is 25.9 Å². The van der Waals surface area contributed by atoms with Gasteiger partial charge in [-0.2, -0.15) is 0 Å². The monoisotopic (exact) mass is 426 g/mol. The molecule has 0 aromatic heterocycles. The fourth-order valence-electron chi connectivity index (χ4n) is 4.69. The molecule has 1 aliphatic heterocycles. The normalized spacial score (nSPS) is 21.5. The van der Waals surface area contributed by atoms with E-state index in [0.717, 1.165) is 50.5 Å². The van der Waals surface area contributed by atoms with Crippen molar-refractivity contribution >= 4 is 0 Å². The average molecular weight is 427 g/mol. The second-order valence-corrected chi connectivity index (χ2v) is 9.43. The van der Waals surface area contributed by atoms with E-state index in [1.165, 1.54) is 11.1 Å². The van der Waals surface area contributed by atoms with Gasteiger partial charge in [-0.3, -0.25) is 0 Å². The summed E-state index contributed by atoms with van der Waals surface area (Å²) in [6, 6.07) is 17.1. The number of ether oxygens (including phenoxy) is 3. The van der Waals surface area contributed by atoms with Crippen LogP contribution in [0.1, 0.15) is 58.1 Å². The fraction of sp³-hybridized carbons (Fsp3) is 0.556. The van der Waals surface area contributed by atoms with E-state index in [1.807, 2.05) is 0 Å². The Balaban J connectivity index is 1.67. The molecule has 0 radical (unpaired) electrons. The zero-order valence-electron chi connectivity index (χ0n) is 19.9. The van der Waals surface area contributed by atoms with Crippen LogP contribution in [0.4, 0.5) is 0 Å². The fourth-order valence-corrected chi connectivity index (χ4v) is 4.69. The summed E-state index contributed by atoms with van der Waals surface area (Å²) >= 11 is 0. The van der Waals surface area contributed by atoms with Gasteiger partial charge in [-0.25, -0.2) is 0 Å². The highest BCUT2D eigenvalue weighted by Crippen LogP contribution is 2.44. The van der Waals surface area contributed by atoms with Gasteiger partial charge in [0.15, 0.2) is 0 Å². The maximum atomic E-state index is 6.14. The molecule has 4 nitrogen and oxygen atoms in total. The van der Waals surface area contributed by atoms with Crippen molar-refractivity contribution in [3.8, 4) is 11.5 Å². The summed E-state index contributed by atoms with van der Waals surface area (Å²) < 4.78 is 17.7. The molecule has 0 bridgehead atoms. The van der Waals surface area contributed by atoms with Crippen LogP contribution in [0.15, 0.2) is 48.5 Å². The van der Waals surface area contributed by atoms with Crippen LogP contribution in [0, 0.1) is 5.92 Å². The van der Waals surface area contributed by atoms with Crippen molar-refractivity contribution in [3.05, 3.63) is 59.7 Å². The lowest BCUT2D eigenvalue weighted by Gasteiger charge is -2.43.